The zero-order chi connectivity index (χ0) is 9.80. The van der Waals surface area contributed by atoms with Crippen molar-refractivity contribution >= 4 is 0 Å². The van der Waals surface area contributed by atoms with E-state index in [-0.39, 0.29) is 0 Å². The number of likely N-dealkylation sites (tertiary alicyclic amines) is 1. The molecule has 0 unspecified atom stereocenters. The van der Waals surface area contributed by atoms with Gasteiger partial charge in [-0.1, -0.05) is 39.0 Å². The maximum absolute atomic E-state index is 2.68. The summed E-state index contributed by atoms with van der Waals surface area (Å²) in [4.78, 5) is 2.68. The molecular weight excluding hydrogens is 170 g/mol. The van der Waals surface area contributed by atoms with E-state index >= 15 is 0 Å². The third-order valence-corrected chi connectivity index (χ3v) is 4.20. The van der Waals surface area contributed by atoms with E-state index in [9.17, 15) is 0 Å². The van der Waals surface area contributed by atoms with Crippen LogP contribution in [0.1, 0.15) is 51.9 Å². The summed E-state index contributed by atoms with van der Waals surface area (Å²) in [7, 11) is 0. The highest BCUT2D eigenvalue weighted by molar-refractivity contribution is 4.76. The topological polar surface area (TPSA) is 3.24 Å². The SMILES string of the molecule is C[C@H](CN1CCCC1)C1CCCCC1. The van der Waals surface area contributed by atoms with Gasteiger partial charge in [-0.25, -0.2) is 0 Å². The lowest BCUT2D eigenvalue weighted by atomic mass is 9.81. The summed E-state index contributed by atoms with van der Waals surface area (Å²) in [5.74, 6) is 2.00. The normalized spacial score (nSPS) is 28.1. The first-order chi connectivity index (χ1) is 6.86. The van der Waals surface area contributed by atoms with Gasteiger partial charge in [-0.3, -0.25) is 0 Å². The highest BCUT2D eigenvalue weighted by Crippen LogP contribution is 2.30. The molecule has 0 spiro atoms. The Morgan fingerprint density at radius 1 is 1.00 bits per heavy atom. The van der Waals surface area contributed by atoms with Crippen molar-refractivity contribution in [1.29, 1.82) is 0 Å². The van der Waals surface area contributed by atoms with Crippen molar-refractivity contribution < 1.29 is 0 Å². The minimum Gasteiger partial charge on any atom is -0.303 e. The Labute approximate surface area is 88.9 Å². The van der Waals surface area contributed by atoms with Gasteiger partial charge in [-0.15, -0.1) is 0 Å². The largest absolute Gasteiger partial charge is 0.303 e. The van der Waals surface area contributed by atoms with Crippen LogP contribution in [-0.4, -0.2) is 24.5 Å². The van der Waals surface area contributed by atoms with E-state index in [2.05, 4.69) is 11.8 Å². The summed E-state index contributed by atoms with van der Waals surface area (Å²) < 4.78 is 0. The molecule has 1 saturated heterocycles. The van der Waals surface area contributed by atoms with Crippen LogP contribution in [0.5, 0.6) is 0 Å². The van der Waals surface area contributed by atoms with Gasteiger partial charge in [0.25, 0.3) is 0 Å². The van der Waals surface area contributed by atoms with E-state index in [0.29, 0.717) is 0 Å². The van der Waals surface area contributed by atoms with Crippen LogP contribution in [0.3, 0.4) is 0 Å². The fraction of sp³-hybridized carbons (Fsp3) is 1.00. The molecule has 2 rings (SSSR count). The summed E-state index contributed by atoms with van der Waals surface area (Å²) in [5.41, 5.74) is 0. The number of hydrogen-bond donors (Lipinski definition) is 0. The number of rotatable bonds is 3. The maximum atomic E-state index is 2.68. The summed E-state index contributed by atoms with van der Waals surface area (Å²) in [6, 6.07) is 0. The van der Waals surface area contributed by atoms with Crippen LogP contribution in [0.25, 0.3) is 0 Å². The molecule has 2 aliphatic rings. The smallest absolute Gasteiger partial charge is 0.000966 e. The Bertz CT molecular complexity index is 155. The quantitative estimate of drug-likeness (QED) is 0.668. The Hall–Kier alpha value is -0.0400. The van der Waals surface area contributed by atoms with E-state index in [1.165, 1.54) is 64.6 Å². The van der Waals surface area contributed by atoms with Crippen molar-refractivity contribution in [2.45, 2.75) is 51.9 Å². The van der Waals surface area contributed by atoms with Crippen molar-refractivity contribution in [2.75, 3.05) is 19.6 Å². The first kappa shape index (κ1) is 10.5. The molecule has 1 aliphatic carbocycles. The molecule has 14 heavy (non-hydrogen) atoms. The monoisotopic (exact) mass is 195 g/mol. The van der Waals surface area contributed by atoms with Gasteiger partial charge in [0.05, 0.1) is 0 Å². The molecule has 0 amide bonds. The van der Waals surface area contributed by atoms with Gasteiger partial charge < -0.3 is 4.90 Å². The van der Waals surface area contributed by atoms with Crippen LogP contribution in [0, 0.1) is 11.8 Å². The molecule has 0 N–H and O–H groups in total. The molecule has 2 fully saturated rings. The van der Waals surface area contributed by atoms with Gasteiger partial charge >= 0.3 is 0 Å². The van der Waals surface area contributed by atoms with Gasteiger partial charge in [-0.05, 0) is 37.8 Å². The highest BCUT2D eigenvalue weighted by Gasteiger charge is 2.22. The summed E-state index contributed by atoms with van der Waals surface area (Å²) in [6.07, 6.45) is 10.4. The van der Waals surface area contributed by atoms with Gasteiger partial charge in [0.15, 0.2) is 0 Å². The highest BCUT2D eigenvalue weighted by atomic mass is 15.1. The van der Waals surface area contributed by atoms with Crippen molar-refractivity contribution in [1.82, 2.24) is 4.90 Å². The molecule has 0 bridgehead atoms. The second-order valence-electron chi connectivity index (χ2n) is 5.38. The van der Waals surface area contributed by atoms with E-state index in [0.717, 1.165) is 11.8 Å². The Morgan fingerprint density at radius 2 is 1.64 bits per heavy atom. The average molecular weight is 195 g/mol. The Balaban J connectivity index is 1.72. The lowest BCUT2D eigenvalue weighted by Gasteiger charge is -2.30. The van der Waals surface area contributed by atoms with Crippen molar-refractivity contribution in [3.05, 3.63) is 0 Å². The second-order valence-corrected chi connectivity index (χ2v) is 5.38. The predicted molar refractivity (Wildman–Crippen MR) is 61.4 cm³/mol. The van der Waals surface area contributed by atoms with Gasteiger partial charge in [0, 0.05) is 6.54 Å². The molecule has 1 heteroatoms. The van der Waals surface area contributed by atoms with E-state index in [1.807, 2.05) is 0 Å². The molecule has 0 aromatic carbocycles. The Kier molecular flexibility index (Phi) is 3.86. The van der Waals surface area contributed by atoms with Gasteiger partial charge in [0.2, 0.25) is 0 Å². The molecule has 0 aromatic heterocycles. The second kappa shape index (κ2) is 5.16. The predicted octanol–water partition coefficient (Wildman–Crippen LogP) is 3.30. The molecule has 1 nitrogen and oxygen atoms in total. The molecule has 0 aromatic rings. The van der Waals surface area contributed by atoms with Crippen molar-refractivity contribution in [2.24, 2.45) is 11.8 Å². The van der Waals surface area contributed by atoms with Crippen molar-refractivity contribution in [3.8, 4) is 0 Å². The molecule has 1 atom stereocenters. The van der Waals surface area contributed by atoms with E-state index in [4.69, 9.17) is 0 Å². The lowest BCUT2D eigenvalue weighted by molar-refractivity contribution is 0.195. The molecule has 1 saturated carbocycles. The molecule has 82 valence electrons. The molecule has 1 heterocycles. The molecule has 1 aliphatic heterocycles. The summed E-state index contributed by atoms with van der Waals surface area (Å²) in [5, 5.41) is 0. The third kappa shape index (κ3) is 2.73. The minimum absolute atomic E-state index is 0.952. The lowest BCUT2D eigenvalue weighted by Crippen LogP contribution is -2.30. The van der Waals surface area contributed by atoms with Crippen LogP contribution in [0.4, 0.5) is 0 Å². The zero-order valence-corrected chi connectivity index (χ0v) is 9.67. The molecule has 0 radical (unpaired) electrons. The van der Waals surface area contributed by atoms with E-state index < -0.39 is 0 Å². The fourth-order valence-corrected chi connectivity index (χ4v) is 3.22. The van der Waals surface area contributed by atoms with Crippen molar-refractivity contribution in [3.63, 3.8) is 0 Å². The zero-order valence-electron chi connectivity index (χ0n) is 9.67. The first-order valence-electron chi connectivity index (χ1n) is 6.58. The van der Waals surface area contributed by atoms with Gasteiger partial charge in [-0.2, -0.15) is 0 Å². The number of nitrogens with zero attached hydrogens (tertiary/aromatic N) is 1. The first-order valence-corrected chi connectivity index (χ1v) is 6.58. The Morgan fingerprint density at radius 3 is 2.29 bits per heavy atom. The maximum Gasteiger partial charge on any atom is 0.000966 e. The summed E-state index contributed by atoms with van der Waals surface area (Å²) in [6.45, 7) is 6.60. The molecular formula is C13H25N. The van der Waals surface area contributed by atoms with Crippen LogP contribution in [0.2, 0.25) is 0 Å². The fourth-order valence-electron chi connectivity index (χ4n) is 3.22. The van der Waals surface area contributed by atoms with Gasteiger partial charge in [0.1, 0.15) is 0 Å². The van der Waals surface area contributed by atoms with Crippen LogP contribution in [-0.2, 0) is 0 Å². The summed E-state index contributed by atoms with van der Waals surface area (Å²) >= 11 is 0. The third-order valence-electron chi connectivity index (χ3n) is 4.20. The minimum atomic E-state index is 0.952. The van der Waals surface area contributed by atoms with Crippen LogP contribution in [0.15, 0.2) is 0 Å². The standard InChI is InChI=1S/C13H25N/c1-12(11-14-9-5-6-10-14)13-7-3-2-4-8-13/h12-13H,2-11H2,1H3/t12-/m1/s1. The van der Waals surface area contributed by atoms with E-state index in [1.54, 1.807) is 0 Å². The number of hydrogen-bond acceptors (Lipinski definition) is 1. The van der Waals surface area contributed by atoms with Crippen LogP contribution < -0.4 is 0 Å². The van der Waals surface area contributed by atoms with Crippen LogP contribution >= 0.6 is 0 Å². The average Bonchev–Trinajstić information content (AvgIpc) is 2.72.